The summed E-state index contributed by atoms with van der Waals surface area (Å²) in [5.74, 6) is -1.91. The quantitative estimate of drug-likeness (QED) is 0.506. The number of carbonyl (C=O) groups excluding carboxylic acids is 3. The Morgan fingerprint density at radius 1 is 1.42 bits per heavy atom. The van der Waals surface area contributed by atoms with Gasteiger partial charge in [-0.2, -0.15) is 0 Å². The lowest BCUT2D eigenvalue weighted by Gasteiger charge is -2.26. The molecular weight excluding hydrogens is 317 g/mol. The Bertz CT molecular complexity index is 831. The maximum atomic E-state index is 14.3. The number of hydrogen-bond acceptors (Lipinski definition) is 5. The van der Waals surface area contributed by atoms with E-state index in [0.29, 0.717) is 17.5 Å². The lowest BCUT2D eigenvalue weighted by Crippen LogP contribution is -2.45. The Kier molecular flexibility index (Phi) is 4.03. The third kappa shape index (κ3) is 2.73. The average molecular weight is 331 g/mol. The smallest absolute Gasteiger partial charge is 0.338 e. The number of carbonyl (C=O) groups is 3. The van der Waals surface area contributed by atoms with Crippen molar-refractivity contribution >= 4 is 29.5 Å². The molecule has 8 heteroatoms. The van der Waals surface area contributed by atoms with Crippen molar-refractivity contribution in [2.24, 2.45) is 0 Å². The Morgan fingerprint density at radius 3 is 2.88 bits per heavy atom. The molecule has 0 spiro atoms. The van der Waals surface area contributed by atoms with Crippen molar-refractivity contribution in [2.75, 3.05) is 17.2 Å². The summed E-state index contributed by atoms with van der Waals surface area (Å²) in [7, 11) is 0. The van der Waals surface area contributed by atoms with E-state index in [0.717, 1.165) is 6.07 Å². The number of halogens is 1. The van der Waals surface area contributed by atoms with Crippen molar-refractivity contribution in [3.8, 4) is 5.69 Å². The van der Waals surface area contributed by atoms with E-state index in [2.05, 4.69) is 10.6 Å². The summed E-state index contributed by atoms with van der Waals surface area (Å²) in [6.07, 6.45) is 3.67. The van der Waals surface area contributed by atoms with Crippen LogP contribution >= 0.6 is 0 Å². The van der Waals surface area contributed by atoms with Gasteiger partial charge in [0.2, 0.25) is 6.04 Å². The van der Waals surface area contributed by atoms with Crippen molar-refractivity contribution in [3.05, 3.63) is 42.0 Å². The predicted molar refractivity (Wildman–Crippen MR) is 83.8 cm³/mol. The van der Waals surface area contributed by atoms with Crippen LogP contribution in [-0.4, -0.2) is 35.4 Å². The molecule has 7 nitrogen and oxygen atoms in total. The van der Waals surface area contributed by atoms with Crippen LogP contribution in [-0.2, 0) is 14.3 Å². The molecular formula is C16H14FN3O4. The van der Waals surface area contributed by atoms with Crippen molar-refractivity contribution in [1.82, 2.24) is 4.57 Å². The molecule has 1 atom stereocenters. The second-order valence-electron chi connectivity index (χ2n) is 5.14. The second-order valence-corrected chi connectivity index (χ2v) is 5.14. The molecule has 0 radical (unpaired) electrons. The van der Waals surface area contributed by atoms with Crippen molar-refractivity contribution in [1.29, 1.82) is 0 Å². The monoisotopic (exact) mass is 331 g/mol. The minimum atomic E-state index is -1.20. The van der Waals surface area contributed by atoms with E-state index in [1.54, 1.807) is 19.2 Å². The first-order chi connectivity index (χ1) is 11.5. The standard InChI is InChI=1S/C16H14FN3O4/c1-2-24-16(23)14-15(22)19-11-5-10(17)13(6-12(11)18-14)20-4-3-9(7-20)8-21/h3-8,14,18H,2H2,1H3,(H,19,22). The number of esters is 1. The molecule has 0 aliphatic carbocycles. The van der Waals surface area contributed by atoms with Crippen LogP contribution in [0.25, 0.3) is 5.69 Å². The average Bonchev–Trinajstić information content (AvgIpc) is 3.02. The lowest BCUT2D eigenvalue weighted by molar-refractivity contribution is -0.146. The van der Waals surface area contributed by atoms with Crippen LogP contribution in [0, 0.1) is 5.82 Å². The van der Waals surface area contributed by atoms with E-state index in [4.69, 9.17) is 4.74 Å². The second kappa shape index (κ2) is 6.15. The van der Waals surface area contributed by atoms with Gasteiger partial charge in [0, 0.05) is 24.0 Å². The molecule has 1 aliphatic heterocycles. The Morgan fingerprint density at radius 2 is 2.21 bits per heavy atom. The number of fused-ring (bicyclic) bond motifs is 1. The summed E-state index contributed by atoms with van der Waals surface area (Å²) in [4.78, 5) is 34.5. The molecule has 1 amide bonds. The summed E-state index contributed by atoms with van der Waals surface area (Å²) in [6.45, 7) is 1.78. The topological polar surface area (TPSA) is 89.4 Å². The van der Waals surface area contributed by atoms with E-state index in [1.165, 1.54) is 16.8 Å². The number of rotatable bonds is 4. The fraction of sp³-hybridized carbons (Fsp3) is 0.188. The van der Waals surface area contributed by atoms with Crippen LogP contribution in [0.4, 0.5) is 15.8 Å². The molecule has 1 aromatic carbocycles. The zero-order valence-corrected chi connectivity index (χ0v) is 12.7. The Hall–Kier alpha value is -3.16. The van der Waals surface area contributed by atoms with Crippen molar-refractivity contribution in [2.45, 2.75) is 13.0 Å². The van der Waals surface area contributed by atoms with Gasteiger partial charge in [0.05, 0.1) is 23.7 Å². The fourth-order valence-corrected chi connectivity index (χ4v) is 2.43. The van der Waals surface area contributed by atoms with Gasteiger partial charge in [-0.05, 0) is 19.1 Å². The molecule has 1 aromatic heterocycles. The van der Waals surface area contributed by atoms with E-state index in [9.17, 15) is 18.8 Å². The van der Waals surface area contributed by atoms with E-state index in [-0.39, 0.29) is 18.0 Å². The lowest BCUT2D eigenvalue weighted by atomic mass is 10.1. The van der Waals surface area contributed by atoms with Gasteiger partial charge in [-0.1, -0.05) is 0 Å². The summed E-state index contributed by atoms with van der Waals surface area (Å²) >= 11 is 0. The molecule has 124 valence electrons. The maximum Gasteiger partial charge on any atom is 0.338 e. The number of aromatic nitrogens is 1. The van der Waals surface area contributed by atoms with Crippen molar-refractivity contribution in [3.63, 3.8) is 0 Å². The van der Waals surface area contributed by atoms with Crippen LogP contribution in [0.1, 0.15) is 17.3 Å². The molecule has 3 rings (SSSR count). The molecule has 0 bridgehead atoms. The highest BCUT2D eigenvalue weighted by atomic mass is 19.1. The predicted octanol–water partition coefficient (Wildman–Crippen LogP) is 1.72. The molecule has 0 saturated carbocycles. The number of nitrogens with one attached hydrogen (secondary N) is 2. The molecule has 1 unspecified atom stereocenters. The highest BCUT2D eigenvalue weighted by Gasteiger charge is 2.33. The minimum absolute atomic E-state index is 0.143. The number of hydrogen-bond donors (Lipinski definition) is 2. The fourth-order valence-electron chi connectivity index (χ4n) is 2.43. The summed E-state index contributed by atoms with van der Waals surface area (Å²) in [5.41, 5.74) is 1.18. The number of anilines is 2. The van der Waals surface area contributed by atoms with Gasteiger partial charge in [0.25, 0.3) is 5.91 Å². The largest absolute Gasteiger partial charge is 0.464 e. The minimum Gasteiger partial charge on any atom is -0.464 e. The number of aldehydes is 1. The summed E-state index contributed by atoms with van der Waals surface area (Å²) in [5, 5.41) is 5.23. The van der Waals surface area contributed by atoms with Crippen LogP contribution < -0.4 is 10.6 Å². The molecule has 2 aromatic rings. The zero-order chi connectivity index (χ0) is 17.3. The summed E-state index contributed by atoms with van der Waals surface area (Å²) < 4.78 is 20.6. The van der Waals surface area contributed by atoms with Gasteiger partial charge in [-0.15, -0.1) is 0 Å². The normalized spacial score (nSPS) is 15.9. The number of ether oxygens (including phenoxy) is 1. The number of benzene rings is 1. The highest BCUT2D eigenvalue weighted by molar-refractivity contribution is 6.14. The number of nitrogens with zero attached hydrogens (tertiary/aromatic N) is 1. The van der Waals surface area contributed by atoms with Gasteiger partial charge < -0.3 is 19.9 Å². The van der Waals surface area contributed by atoms with E-state index >= 15 is 0 Å². The van der Waals surface area contributed by atoms with Gasteiger partial charge >= 0.3 is 5.97 Å². The van der Waals surface area contributed by atoms with Crippen LogP contribution in [0.15, 0.2) is 30.6 Å². The first kappa shape index (κ1) is 15.7. The molecule has 1 aliphatic rings. The maximum absolute atomic E-state index is 14.3. The van der Waals surface area contributed by atoms with E-state index < -0.39 is 23.7 Å². The first-order valence-electron chi connectivity index (χ1n) is 7.24. The van der Waals surface area contributed by atoms with E-state index in [1.807, 2.05) is 0 Å². The Labute approximate surface area is 136 Å². The number of amides is 1. The van der Waals surface area contributed by atoms with Gasteiger partial charge in [-0.3, -0.25) is 9.59 Å². The van der Waals surface area contributed by atoms with Gasteiger partial charge in [0.1, 0.15) is 5.82 Å². The van der Waals surface area contributed by atoms with Crippen molar-refractivity contribution < 1.29 is 23.5 Å². The summed E-state index contributed by atoms with van der Waals surface area (Å²) in [6, 6.07) is 2.94. The van der Waals surface area contributed by atoms with Crippen LogP contribution in [0.2, 0.25) is 0 Å². The van der Waals surface area contributed by atoms with Gasteiger partial charge in [0.15, 0.2) is 6.29 Å². The van der Waals surface area contributed by atoms with Crippen LogP contribution in [0.5, 0.6) is 0 Å². The first-order valence-corrected chi connectivity index (χ1v) is 7.24. The molecule has 0 saturated heterocycles. The molecule has 2 heterocycles. The third-order valence-electron chi connectivity index (χ3n) is 3.56. The van der Waals surface area contributed by atoms with Gasteiger partial charge in [-0.25, -0.2) is 9.18 Å². The Balaban J connectivity index is 1.97. The zero-order valence-electron chi connectivity index (χ0n) is 12.7. The molecule has 2 N–H and O–H groups in total. The third-order valence-corrected chi connectivity index (χ3v) is 3.56. The highest BCUT2D eigenvalue weighted by Crippen LogP contribution is 2.31. The molecule has 0 fully saturated rings. The SMILES string of the molecule is CCOC(=O)C1Nc2cc(-n3ccc(C=O)c3)c(F)cc2NC1=O. The van der Waals surface area contributed by atoms with Crippen LogP contribution in [0.3, 0.4) is 0 Å². The molecule has 24 heavy (non-hydrogen) atoms.